The molecule has 2 aromatic carbocycles. The number of benzene rings is 2. The van der Waals surface area contributed by atoms with Crippen molar-refractivity contribution in [3.05, 3.63) is 77.2 Å². The number of aromatic nitrogens is 2. The van der Waals surface area contributed by atoms with E-state index in [1.807, 2.05) is 16.7 Å². The van der Waals surface area contributed by atoms with Crippen molar-refractivity contribution < 1.29 is 22.8 Å². The topological polar surface area (TPSA) is 104 Å². The Bertz CT molecular complexity index is 1380. The molecule has 0 bridgehead atoms. The lowest BCUT2D eigenvalue weighted by Crippen LogP contribution is -2.49. The molecule has 1 aliphatic carbocycles. The first-order valence-corrected chi connectivity index (χ1v) is 13.3. The zero-order chi connectivity index (χ0) is 28.4. The predicted molar refractivity (Wildman–Crippen MR) is 144 cm³/mol. The number of carbonyl (C=O) groups is 2. The van der Waals surface area contributed by atoms with E-state index in [0.29, 0.717) is 48.7 Å². The smallest absolute Gasteiger partial charge is 0.353 e. The second-order valence-electron chi connectivity index (χ2n) is 10.2. The molecule has 3 aromatic rings. The fourth-order valence-electron chi connectivity index (χ4n) is 4.89. The molecule has 8 nitrogen and oxygen atoms in total. The van der Waals surface area contributed by atoms with Crippen molar-refractivity contribution in [2.24, 2.45) is 11.7 Å². The average Bonchev–Trinajstić information content (AvgIpc) is 3.82. The number of carbonyl (C=O) groups excluding carboxylic acids is 2. The van der Waals surface area contributed by atoms with E-state index in [1.54, 1.807) is 30.3 Å². The Labute approximate surface area is 230 Å². The molecule has 0 radical (unpaired) electrons. The van der Waals surface area contributed by atoms with Gasteiger partial charge in [-0.2, -0.15) is 13.2 Å². The van der Waals surface area contributed by atoms with E-state index in [4.69, 9.17) is 5.73 Å². The molecular formula is C29H31F3N6O2. The Morgan fingerprint density at radius 2 is 1.73 bits per heavy atom. The highest BCUT2D eigenvalue weighted by Crippen LogP contribution is 2.34. The number of nitrogens with one attached hydrogen (secondary N) is 1. The molecule has 2 aliphatic rings. The molecule has 1 atom stereocenters. The SMILES string of the molecule is C[C@@H](NC(=O)c1cc(N2CCN(C(=O)C3CC3)CC2)ncn1)c1ccc(-c2cc(C(F)(F)F)ccc2CN)cc1. The number of nitrogens with zero attached hydrogens (tertiary/aromatic N) is 4. The molecule has 1 saturated carbocycles. The lowest BCUT2D eigenvalue weighted by Gasteiger charge is -2.35. The molecule has 3 N–H and O–H groups in total. The fourth-order valence-corrected chi connectivity index (χ4v) is 4.89. The van der Waals surface area contributed by atoms with E-state index in [1.165, 1.54) is 12.4 Å². The Kier molecular flexibility index (Phi) is 7.75. The fraction of sp³-hybridized carbons (Fsp3) is 0.379. The van der Waals surface area contributed by atoms with E-state index in [2.05, 4.69) is 15.3 Å². The quantitative estimate of drug-likeness (QED) is 0.456. The van der Waals surface area contributed by atoms with Gasteiger partial charge in [0.25, 0.3) is 5.91 Å². The standard InChI is InChI=1S/C29H31F3N6O2/c1-18(19-2-4-20(5-3-19)24-14-23(29(30,31)32)9-8-22(24)16-33)36-27(39)25-15-26(35-17-34-25)37-10-12-38(13-11-37)28(40)21-6-7-21/h2-5,8-9,14-15,17-18,21H,6-7,10-13,16,33H2,1H3,(H,36,39)/t18-/m1/s1. The number of halogens is 3. The van der Waals surface area contributed by atoms with Crippen molar-refractivity contribution in [2.45, 2.75) is 38.5 Å². The average molecular weight is 553 g/mol. The molecule has 11 heteroatoms. The molecule has 2 heterocycles. The summed E-state index contributed by atoms with van der Waals surface area (Å²) in [5.74, 6) is 0.695. The number of alkyl halides is 3. The summed E-state index contributed by atoms with van der Waals surface area (Å²) < 4.78 is 39.8. The number of nitrogens with two attached hydrogens (primary N) is 1. The number of piperazine rings is 1. The molecule has 1 aromatic heterocycles. The number of hydrogen-bond donors (Lipinski definition) is 2. The van der Waals surface area contributed by atoms with E-state index in [-0.39, 0.29) is 36.0 Å². The summed E-state index contributed by atoms with van der Waals surface area (Å²) in [6.45, 7) is 4.45. The van der Waals surface area contributed by atoms with Crippen LogP contribution < -0.4 is 16.0 Å². The first-order chi connectivity index (χ1) is 19.1. The van der Waals surface area contributed by atoms with Gasteiger partial charge in [-0.25, -0.2) is 9.97 Å². The molecule has 2 fully saturated rings. The summed E-state index contributed by atoms with van der Waals surface area (Å²) in [7, 11) is 0. The summed E-state index contributed by atoms with van der Waals surface area (Å²) in [6, 6.07) is 11.8. The predicted octanol–water partition coefficient (Wildman–Crippen LogP) is 4.17. The van der Waals surface area contributed by atoms with Crippen molar-refractivity contribution in [2.75, 3.05) is 31.1 Å². The first kappa shape index (κ1) is 27.6. The Balaban J connectivity index is 1.23. The first-order valence-electron chi connectivity index (χ1n) is 13.3. The van der Waals surface area contributed by atoms with E-state index < -0.39 is 11.7 Å². The van der Waals surface area contributed by atoms with Gasteiger partial charge < -0.3 is 20.9 Å². The second kappa shape index (κ2) is 11.2. The van der Waals surface area contributed by atoms with Crippen LogP contribution in [0, 0.1) is 5.92 Å². The number of rotatable bonds is 7. The number of hydrogen-bond acceptors (Lipinski definition) is 6. The number of amides is 2. The lowest BCUT2D eigenvalue weighted by atomic mass is 9.95. The highest BCUT2D eigenvalue weighted by molar-refractivity contribution is 5.93. The Hall–Kier alpha value is -3.99. The molecule has 2 amide bonds. The molecule has 0 unspecified atom stereocenters. The van der Waals surface area contributed by atoms with Crippen LogP contribution in [0.3, 0.4) is 0 Å². The van der Waals surface area contributed by atoms with E-state index >= 15 is 0 Å². The van der Waals surface area contributed by atoms with Gasteiger partial charge in [0.05, 0.1) is 11.6 Å². The molecular weight excluding hydrogens is 521 g/mol. The molecule has 210 valence electrons. The summed E-state index contributed by atoms with van der Waals surface area (Å²) >= 11 is 0. The van der Waals surface area contributed by atoms with Gasteiger partial charge in [0, 0.05) is 44.7 Å². The van der Waals surface area contributed by atoms with Gasteiger partial charge in [0.2, 0.25) is 5.91 Å². The number of anilines is 1. The van der Waals surface area contributed by atoms with Gasteiger partial charge in [-0.05, 0) is 54.2 Å². The Morgan fingerprint density at radius 1 is 1.02 bits per heavy atom. The van der Waals surface area contributed by atoms with Gasteiger partial charge in [-0.3, -0.25) is 9.59 Å². The monoisotopic (exact) mass is 552 g/mol. The molecule has 5 rings (SSSR count). The van der Waals surface area contributed by atoms with Crippen LogP contribution >= 0.6 is 0 Å². The van der Waals surface area contributed by atoms with Crippen molar-refractivity contribution in [3.8, 4) is 11.1 Å². The summed E-state index contributed by atoms with van der Waals surface area (Å²) in [5, 5.41) is 2.93. The molecule has 40 heavy (non-hydrogen) atoms. The molecule has 1 saturated heterocycles. The van der Waals surface area contributed by atoms with Crippen LogP contribution in [-0.4, -0.2) is 52.9 Å². The highest BCUT2D eigenvalue weighted by Gasteiger charge is 2.35. The minimum absolute atomic E-state index is 0.108. The maximum atomic E-state index is 13.3. The van der Waals surface area contributed by atoms with Crippen molar-refractivity contribution >= 4 is 17.6 Å². The normalized spacial score (nSPS) is 16.5. The van der Waals surface area contributed by atoms with Gasteiger partial charge in [0.1, 0.15) is 17.8 Å². The summed E-state index contributed by atoms with van der Waals surface area (Å²) in [5.41, 5.74) is 7.67. The molecule has 1 aliphatic heterocycles. The van der Waals surface area contributed by atoms with Gasteiger partial charge in [0.15, 0.2) is 0 Å². The van der Waals surface area contributed by atoms with Crippen LogP contribution in [0.2, 0.25) is 0 Å². The minimum Gasteiger partial charge on any atom is -0.353 e. The van der Waals surface area contributed by atoms with Crippen molar-refractivity contribution in [3.63, 3.8) is 0 Å². The minimum atomic E-state index is -4.45. The van der Waals surface area contributed by atoms with Gasteiger partial charge >= 0.3 is 6.18 Å². The largest absolute Gasteiger partial charge is 0.416 e. The van der Waals surface area contributed by atoms with Crippen LogP contribution in [0.5, 0.6) is 0 Å². The summed E-state index contributed by atoms with van der Waals surface area (Å²) in [4.78, 5) is 37.7. The zero-order valence-electron chi connectivity index (χ0n) is 22.1. The van der Waals surface area contributed by atoms with Crippen molar-refractivity contribution in [1.29, 1.82) is 0 Å². The molecule has 0 spiro atoms. The Morgan fingerprint density at radius 3 is 2.35 bits per heavy atom. The maximum Gasteiger partial charge on any atom is 0.416 e. The lowest BCUT2D eigenvalue weighted by molar-refractivity contribution is -0.137. The third-order valence-electron chi connectivity index (χ3n) is 7.45. The van der Waals surface area contributed by atoms with Crippen molar-refractivity contribution in [1.82, 2.24) is 20.2 Å². The van der Waals surface area contributed by atoms with Crippen LogP contribution in [0.1, 0.15) is 53.0 Å². The summed E-state index contributed by atoms with van der Waals surface area (Å²) in [6.07, 6.45) is -1.13. The van der Waals surface area contributed by atoms with E-state index in [0.717, 1.165) is 30.5 Å². The van der Waals surface area contributed by atoms with E-state index in [9.17, 15) is 22.8 Å². The highest BCUT2D eigenvalue weighted by atomic mass is 19.4. The van der Waals surface area contributed by atoms with Crippen LogP contribution in [0.15, 0.2) is 54.9 Å². The van der Waals surface area contributed by atoms with Gasteiger partial charge in [-0.15, -0.1) is 0 Å². The maximum absolute atomic E-state index is 13.3. The van der Waals surface area contributed by atoms with Crippen LogP contribution in [0.4, 0.5) is 19.0 Å². The van der Waals surface area contributed by atoms with Gasteiger partial charge in [-0.1, -0.05) is 30.3 Å². The van der Waals surface area contributed by atoms with Crippen LogP contribution in [-0.2, 0) is 17.5 Å². The third-order valence-corrected chi connectivity index (χ3v) is 7.45. The second-order valence-corrected chi connectivity index (χ2v) is 10.2. The third kappa shape index (κ3) is 6.09. The zero-order valence-corrected chi connectivity index (χ0v) is 22.1. The van der Waals surface area contributed by atoms with Crippen LogP contribution in [0.25, 0.3) is 11.1 Å².